The summed E-state index contributed by atoms with van der Waals surface area (Å²) in [7, 11) is -3.53. The Morgan fingerprint density at radius 2 is 1.20 bits per heavy atom. The average Bonchev–Trinajstić information content (AvgIpc) is 3.31. The van der Waals surface area contributed by atoms with Crippen molar-refractivity contribution in [3.8, 4) is 0 Å². The summed E-state index contributed by atoms with van der Waals surface area (Å²) in [5.41, 5.74) is 1.96. The van der Waals surface area contributed by atoms with Crippen molar-refractivity contribution in [3.63, 3.8) is 0 Å². The van der Waals surface area contributed by atoms with Crippen LogP contribution in [0.15, 0.2) is 95.9 Å². The zero-order valence-corrected chi connectivity index (χ0v) is 14.9. The molecule has 1 aliphatic rings. The Hall–Kier alpha value is -2.39. The van der Waals surface area contributed by atoms with E-state index in [4.69, 9.17) is 0 Å². The van der Waals surface area contributed by atoms with Gasteiger partial charge in [0.25, 0.3) is 0 Å². The van der Waals surface area contributed by atoms with E-state index >= 15 is 0 Å². The third kappa shape index (κ3) is 2.26. The van der Waals surface area contributed by atoms with Crippen molar-refractivity contribution in [2.45, 2.75) is 22.5 Å². The summed E-state index contributed by atoms with van der Waals surface area (Å²) in [6.45, 7) is 2.05. The molecule has 25 heavy (non-hydrogen) atoms. The first kappa shape index (κ1) is 16.1. The molecule has 0 aromatic heterocycles. The molecule has 3 atom stereocenters. The quantitative estimate of drug-likeness (QED) is 0.679. The van der Waals surface area contributed by atoms with Gasteiger partial charge in [-0.2, -0.15) is 0 Å². The molecule has 1 fully saturated rings. The number of benzene rings is 3. The second kappa shape index (κ2) is 5.85. The van der Waals surface area contributed by atoms with Gasteiger partial charge in [0.1, 0.15) is 4.75 Å². The Bertz CT molecular complexity index is 966. The van der Waals surface area contributed by atoms with Crippen molar-refractivity contribution >= 4 is 9.84 Å². The Morgan fingerprint density at radius 1 is 0.720 bits per heavy atom. The maximum Gasteiger partial charge on any atom is 0.189 e. The van der Waals surface area contributed by atoms with Crippen LogP contribution in [-0.2, 0) is 14.6 Å². The predicted octanol–water partition coefficient (Wildman–Crippen LogP) is 4.79. The highest BCUT2D eigenvalue weighted by Crippen LogP contribution is 2.69. The van der Waals surface area contributed by atoms with E-state index in [9.17, 15) is 8.42 Å². The number of sulfone groups is 1. The monoisotopic (exact) mass is 348 g/mol. The molecule has 3 aromatic carbocycles. The molecule has 0 radical (unpaired) electrons. The minimum atomic E-state index is -3.53. The summed E-state index contributed by atoms with van der Waals surface area (Å²) >= 11 is 0. The van der Waals surface area contributed by atoms with Gasteiger partial charge < -0.3 is 0 Å². The molecule has 0 saturated heterocycles. The van der Waals surface area contributed by atoms with Crippen LogP contribution in [0.1, 0.15) is 24.0 Å². The maximum absolute atomic E-state index is 13.7. The van der Waals surface area contributed by atoms with Crippen molar-refractivity contribution in [3.05, 3.63) is 102 Å². The molecule has 0 spiro atoms. The van der Waals surface area contributed by atoms with Crippen LogP contribution in [-0.4, -0.2) is 8.42 Å². The van der Waals surface area contributed by atoms with E-state index in [0.717, 1.165) is 11.1 Å². The van der Waals surface area contributed by atoms with Crippen LogP contribution in [0.2, 0.25) is 0 Å². The Balaban J connectivity index is 1.94. The molecule has 2 nitrogen and oxygen atoms in total. The van der Waals surface area contributed by atoms with Crippen LogP contribution < -0.4 is 0 Å². The third-order valence-corrected chi connectivity index (χ3v) is 8.05. The first-order valence-electron chi connectivity index (χ1n) is 8.50. The molecule has 0 unspecified atom stereocenters. The third-order valence-electron chi connectivity index (χ3n) is 5.41. The van der Waals surface area contributed by atoms with Crippen LogP contribution in [0.25, 0.3) is 0 Å². The molecule has 1 saturated carbocycles. The lowest BCUT2D eigenvalue weighted by atomic mass is 10.0. The van der Waals surface area contributed by atoms with Crippen LogP contribution in [0.3, 0.4) is 0 Å². The fraction of sp³-hybridized carbons (Fsp3) is 0.182. The molecule has 3 heteroatoms. The topological polar surface area (TPSA) is 34.1 Å². The Labute approximate surface area is 149 Å². The molecule has 4 rings (SSSR count). The van der Waals surface area contributed by atoms with Crippen molar-refractivity contribution in [2.24, 2.45) is 5.92 Å². The zero-order chi connectivity index (χ0) is 17.5. The minimum Gasteiger partial charge on any atom is -0.223 e. The van der Waals surface area contributed by atoms with Crippen molar-refractivity contribution in [2.75, 3.05) is 0 Å². The van der Waals surface area contributed by atoms with Gasteiger partial charge in [-0.3, -0.25) is 0 Å². The van der Waals surface area contributed by atoms with E-state index in [1.165, 1.54) is 0 Å². The van der Waals surface area contributed by atoms with Crippen LogP contribution in [0.4, 0.5) is 0 Å². The van der Waals surface area contributed by atoms with Gasteiger partial charge in [0.15, 0.2) is 9.84 Å². The highest BCUT2D eigenvalue weighted by Gasteiger charge is 2.71. The standard InChI is InChI=1S/C22H20O2S/c1-17-21(18-11-5-2-6-12-18)22(17,19-13-7-3-8-14-19)25(23,24)20-15-9-4-10-16-20/h2-17,21H,1H3/t17-,21-,22-/m1/s1. The number of rotatable bonds is 4. The van der Waals surface area contributed by atoms with Crippen LogP contribution >= 0.6 is 0 Å². The van der Waals surface area contributed by atoms with Crippen LogP contribution in [0.5, 0.6) is 0 Å². The van der Waals surface area contributed by atoms with Gasteiger partial charge in [-0.1, -0.05) is 85.8 Å². The lowest BCUT2D eigenvalue weighted by Gasteiger charge is -2.20. The second-order valence-electron chi connectivity index (χ2n) is 6.65. The molecule has 0 aliphatic heterocycles. The average molecular weight is 348 g/mol. The molecular formula is C22H20O2S. The van der Waals surface area contributed by atoms with E-state index in [1.54, 1.807) is 24.3 Å². The molecular weight excluding hydrogens is 328 g/mol. The molecule has 0 amide bonds. The summed E-state index contributed by atoms with van der Waals surface area (Å²) in [6, 6.07) is 28.5. The van der Waals surface area contributed by atoms with E-state index in [0.29, 0.717) is 4.90 Å². The largest absolute Gasteiger partial charge is 0.223 e. The van der Waals surface area contributed by atoms with Crippen molar-refractivity contribution in [1.82, 2.24) is 0 Å². The van der Waals surface area contributed by atoms with Gasteiger partial charge in [0, 0.05) is 5.92 Å². The molecule has 0 bridgehead atoms. The van der Waals surface area contributed by atoms with E-state index in [-0.39, 0.29) is 11.8 Å². The van der Waals surface area contributed by atoms with Crippen molar-refractivity contribution < 1.29 is 8.42 Å². The van der Waals surface area contributed by atoms with Gasteiger partial charge in [-0.05, 0) is 29.2 Å². The zero-order valence-electron chi connectivity index (χ0n) is 14.0. The van der Waals surface area contributed by atoms with E-state index in [2.05, 4.69) is 0 Å². The fourth-order valence-corrected chi connectivity index (χ4v) is 6.81. The lowest BCUT2D eigenvalue weighted by Crippen LogP contribution is -2.25. The minimum absolute atomic E-state index is 0.0162. The summed E-state index contributed by atoms with van der Waals surface area (Å²) in [4.78, 5) is 0.393. The van der Waals surface area contributed by atoms with Gasteiger partial charge in [-0.15, -0.1) is 0 Å². The Kier molecular flexibility index (Phi) is 3.77. The normalized spacial score (nSPS) is 25.5. The predicted molar refractivity (Wildman–Crippen MR) is 100 cm³/mol. The maximum atomic E-state index is 13.7. The van der Waals surface area contributed by atoms with Gasteiger partial charge in [0.05, 0.1) is 4.90 Å². The highest BCUT2D eigenvalue weighted by atomic mass is 32.2. The van der Waals surface area contributed by atoms with E-state index < -0.39 is 14.6 Å². The first-order valence-corrected chi connectivity index (χ1v) is 9.98. The summed E-state index contributed by atoms with van der Waals surface area (Å²) in [5, 5.41) is 0. The smallest absolute Gasteiger partial charge is 0.189 e. The molecule has 3 aromatic rings. The van der Waals surface area contributed by atoms with Crippen LogP contribution in [0, 0.1) is 5.92 Å². The van der Waals surface area contributed by atoms with E-state index in [1.807, 2.05) is 73.7 Å². The fourth-order valence-electron chi connectivity index (χ4n) is 4.23. The molecule has 1 aliphatic carbocycles. The lowest BCUT2D eigenvalue weighted by molar-refractivity contribution is 0.573. The van der Waals surface area contributed by atoms with Gasteiger partial charge in [0.2, 0.25) is 0 Å². The van der Waals surface area contributed by atoms with Crippen molar-refractivity contribution in [1.29, 1.82) is 0 Å². The Morgan fingerprint density at radius 3 is 1.76 bits per heavy atom. The summed E-state index contributed by atoms with van der Waals surface area (Å²) in [5.74, 6) is -0.0242. The number of hydrogen-bond acceptors (Lipinski definition) is 2. The second-order valence-corrected chi connectivity index (χ2v) is 8.81. The number of hydrogen-bond donors (Lipinski definition) is 0. The van der Waals surface area contributed by atoms with Gasteiger partial charge >= 0.3 is 0 Å². The van der Waals surface area contributed by atoms with Gasteiger partial charge in [-0.25, -0.2) is 8.42 Å². The highest BCUT2D eigenvalue weighted by molar-refractivity contribution is 7.92. The molecule has 126 valence electrons. The SMILES string of the molecule is C[C@@H]1[C@H](c2ccccc2)[C@@]1(c1ccccc1)S(=O)(=O)c1ccccc1. The first-order chi connectivity index (χ1) is 12.1. The summed E-state index contributed by atoms with van der Waals surface area (Å²) < 4.78 is 26.5. The molecule has 0 heterocycles. The summed E-state index contributed by atoms with van der Waals surface area (Å²) in [6.07, 6.45) is 0. The molecule has 0 N–H and O–H groups in total.